The van der Waals surface area contributed by atoms with Crippen LogP contribution in [0.15, 0.2) is 24.3 Å². The van der Waals surface area contributed by atoms with Crippen molar-refractivity contribution in [2.45, 2.75) is 79.1 Å². The van der Waals surface area contributed by atoms with Gasteiger partial charge in [0.25, 0.3) is 0 Å². The quantitative estimate of drug-likeness (QED) is 0.136. The smallest absolute Gasteiger partial charge is 0.345 e. The Kier molecular flexibility index (Phi) is 10.3. The third-order valence-corrected chi connectivity index (χ3v) is 9.92. The van der Waals surface area contributed by atoms with Crippen LogP contribution in [0.3, 0.4) is 0 Å². The van der Waals surface area contributed by atoms with Crippen molar-refractivity contribution in [1.82, 2.24) is 0 Å². The van der Waals surface area contributed by atoms with Gasteiger partial charge in [0, 0.05) is 30.9 Å². The van der Waals surface area contributed by atoms with Crippen molar-refractivity contribution < 1.29 is 29.3 Å². The molecule has 2 N–H and O–H groups in total. The summed E-state index contributed by atoms with van der Waals surface area (Å²) >= 11 is 2.45. The second-order valence-corrected chi connectivity index (χ2v) is 12.8. The Balaban J connectivity index is 1.91. The summed E-state index contributed by atoms with van der Waals surface area (Å²) in [5, 5.41) is 22.7. The molecule has 0 radical (unpaired) electrons. The molecule has 0 bridgehead atoms. The Morgan fingerprint density at radius 3 is 1.40 bits per heavy atom. The zero-order valence-corrected chi connectivity index (χ0v) is 25.5. The summed E-state index contributed by atoms with van der Waals surface area (Å²) < 4.78 is 14.8. The Hall–Kier alpha value is -2.84. The van der Waals surface area contributed by atoms with Crippen molar-refractivity contribution >= 4 is 65.6 Å². The van der Waals surface area contributed by atoms with Gasteiger partial charge in [-0.15, -0.1) is 22.7 Å². The fourth-order valence-electron chi connectivity index (χ4n) is 5.18. The lowest BCUT2D eigenvalue weighted by atomic mass is 9.99. The molecule has 2 aromatic heterocycles. The van der Waals surface area contributed by atoms with Crippen LogP contribution in [0.5, 0.6) is 11.5 Å². The van der Waals surface area contributed by atoms with Gasteiger partial charge in [0.05, 0.1) is 13.2 Å². The SMILES string of the molecule is CCCCC(CC)COc1c2cc(C(=O)O)sc2cc2c(OCC(CC)CCCC)c3cc(C(=O)O)sc3cc12. The van der Waals surface area contributed by atoms with E-state index in [1.807, 2.05) is 12.1 Å². The second kappa shape index (κ2) is 13.7. The maximum atomic E-state index is 11.9. The number of thiophene rings is 2. The second-order valence-electron chi connectivity index (χ2n) is 10.6. The van der Waals surface area contributed by atoms with Crippen molar-refractivity contribution in [3.63, 3.8) is 0 Å². The third-order valence-electron chi connectivity index (χ3n) is 7.78. The Morgan fingerprint density at radius 2 is 1.07 bits per heavy atom. The predicted octanol–water partition coefficient (Wildman–Crippen LogP) is 9.86. The summed E-state index contributed by atoms with van der Waals surface area (Å²) in [4.78, 5) is 24.3. The molecule has 2 aromatic carbocycles. The zero-order valence-electron chi connectivity index (χ0n) is 23.9. The number of carboxylic acid groups (broad SMARTS) is 2. The Morgan fingerprint density at radius 1 is 0.675 bits per heavy atom. The van der Waals surface area contributed by atoms with E-state index in [0.717, 1.165) is 82.3 Å². The van der Waals surface area contributed by atoms with E-state index < -0.39 is 11.9 Å². The highest BCUT2D eigenvalue weighted by molar-refractivity contribution is 7.21. The van der Waals surface area contributed by atoms with E-state index in [-0.39, 0.29) is 9.75 Å². The van der Waals surface area contributed by atoms with Crippen molar-refractivity contribution in [3.05, 3.63) is 34.0 Å². The maximum Gasteiger partial charge on any atom is 0.345 e. The summed E-state index contributed by atoms with van der Waals surface area (Å²) in [7, 11) is 0. The van der Waals surface area contributed by atoms with Crippen LogP contribution in [-0.4, -0.2) is 35.4 Å². The van der Waals surface area contributed by atoms with Gasteiger partial charge in [0.1, 0.15) is 21.3 Å². The van der Waals surface area contributed by atoms with Crippen molar-refractivity contribution in [2.24, 2.45) is 11.8 Å². The standard InChI is InChI=1S/C32H40O6S2/c1-5-9-11-19(7-3)17-37-29-21-13-26-24(16-28(40-26)32(35)36)30(38-18-20(8-4)12-10-6-2)22(21)14-25-23(29)15-27(39-25)31(33)34/h13-16,19-20H,5-12,17-18H2,1-4H3,(H,33,34)(H,35,36). The molecular weight excluding hydrogens is 544 g/mol. The van der Waals surface area contributed by atoms with Crippen molar-refractivity contribution in [1.29, 1.82) is 0 Å². The van der Waals surface area contributed by atoms with Gasteiger partial charge >= 0.3 is 11.9 Å². The van der Waals surface area contributed by atoms with E-state index in [1.165, 1.54) is 22.7 Å². The topological polar surface area (TPSA) is 93.1 Å². The molecule has 2 unspecified atom stereocenters. The number of fused-ring (bicyclic) bond motifs is 3. The molecule has 0 aliphatic rings. The van der Waals surface area contributed by atoms with Crippen LogP contribution in [0.4, 0.5) is 0 Å². The normalized spacial score (nSPS) is 13.2. The molecule has 0 fully saturated rings. The van der Waals surface area contributed by atoms with Gasteiger partial charge in [-0.25, -0.2) is 9.59 Å². The maximum absolute atomic E-state index is 11.9. The van der Waals surface area contributed by atoms with Crippen molar-refractivity contribution in [2.75, 3.05) is 13.2 Å². The fraction of sp³-hybridized carbons (Fsp3) is 0.500. The van der Waals surface area contributed by atoms with Gasteiger partial charge in [0.2, 0.25) is 0 Å². The van der Waals surface area contributed by atoms with E-state index in [9.17, 15) is 19.8 Å². The van der Waals surface area contributed by atoms with Crippen LogP contribution >= 0.6 is 22.7 Å². The molecule has 2 heterocycles. The van der Waals surface area contributed by atoms with Crippen LogP contribution < -0.4 is 9.47 Å². The molecule has 4 aromatic rings. The highest BCUT2D eigenvalue weighted by Crippen LogP contribution is 2.47. The van der Waals surface area contributed by atoms with Crippen molar-refractivity contribution in [3.8, 4) is 11.5 Å². The highest BCUT2D eigenvalue weighted by Gasteiger charge is 2.23. The molecule has 0 aliphatic heterocycles. The first-order valence-corrected chi connectivity index (χ1v) is 16.1. The van der Waals surface area contributed by atoms with E-state index >= 15 is 0 Å². The summed E-state index contributed by atoms with van der Waals surface area (Å²) in [5.74, 6) is 0.173. The minimum Gasteiger partial charge on any atom is -0.492 e. The predicted molar refractivity (Wildman–Crippen MR) is 166 cm³/mol. The van der Waals surface area contributed by atoms with E-state index in [1.54, 1.807) is 12.1 Å². The summed E-state index contributed by atoms with van der Waals surface area (Å²) in [5.41, 5.74) is 0. The van der Waals surface area contributed by atoms with E-state index in [4.69, 9.17) is 9.47 Å². The first kappa shape index (κ1) is 30.1. The minimum atomic E-state index is -0.962. The Labute approximate surface area is 243 Å². The van der Waals surface area contributed by atoms with Crippen LogP contribution in [0.1, 0.15) is 98.4 Å². The lowest BCUT2D eigenvalue weighted by Gasteiger charge is -2.20. The first-order chi connectivity index (χ1) is 19.3. The van der Waals surface area contributed by atoms with Gasteiger partial charge in [-0.05, 0) is 48.9 Å². The summed E-state index contributed by atoms with van der Waals surface area (Å²) in [6, 6.07) is 7.37. The molecule has 0 saturated heterocycles. The third kappa shape index (κ3) is 6.55. The number of hydrogen-bond acceptors (Lipinski definition) is 6. The van der Waals surface area contributed by atoms with Gasteiger partial charge in [0.15, 0.2) is 0 Å². The van der Waals surface area contributed by atoms with Gasteiger partial charge in [-0.2, -0.15) is 0 Å². The number of hydrogen-bond donors (Lipinski definition) is 2. The molecule has 0 amide bonds. The molecule has 2 atom stereocenters. The number of rotatable bonds is 16. The van der Waals surface area contributed by atoms with Gasteiger partial charge in [-0.3, -0.25) is 0 Å². The van der Waals surface area contributed by atoms with Crippen LogP contribution in [0.2, 0.25) is 0 Å². The summed E-state index contributed by atoms with van der Waals surface area (Å²) in [6.45, 7) is 9.80. The lowest BCUT2D eigenvalue weighted by Crippen LogP contribution is -2.12. The molecule has 0 aliphatic carbocycles. The zero-order chi connectivity index (χ0) is 28.8. The monoisotopic (exact) mass is 584 g/mol. The first-order valence-electron chi connectivity index (χ1n) is 14.5. The minimum absolute atomic E-state index is 0.260. The summed E-state index contributed by atoms with van der Waals surface area (Å²) in [6.07, 6.45) is 8.68. The number of aromatic carboxylic acids is 2. The van der Waals surface area contributed by atoms with Crippen LogP contribution in [-0.2, 0) is 0 Å². The average molecular weight is 585 g/mol. The molecule has 0 spiro atoms. The number of benzene rings is 2. The lowest BCUT2D eigenvalue weighted by molar-refractivity contribution is 0.0691. The van der Waals surface area contributed by atoms with Crippen LogP contribution in [0, 0.1) is 11.8 Å². The average Bonchev–Trinajstić information content (AvgIpc) is 3.57. The number of carboxylic acids is 2. The number of carbonyl (C=O) groups is 2. The number of unbranched alkanes of at least 4 members (excludes halogenated alkanes) is 2. The molecular formula is C32H40O6S2. The molecule has 216 valence electrons. The fourth-order valence-corrected chi connectivity index (χ4v) is 7.06. The van der Waals surface area contributed by atoms with E-state index in [2.05, 4.69) is 27.7 Å². The van der Waals surface area contributed by atoms with Gasteiger partial charge < -0.3 is 19.7 Å². The molecule has 6 nitrogen and oxygen atoms in total. The largest absolute Gasteiger partial charge is 0.492 e. The molecule has 8 heteroatoms. The molecule has 4 rings (SSSR count). The number of ether oxygens (including phenoxy) is 2. The van der Waals surface area contributed by atoms with Crippen LogP contribution in [0.25, 0.3) is 30.9 Å². The Bertz CT molecular complexity index is 1370. The van der Waals surface area contributed by atoms with E-state index in [0.29, 0.717) is 36.5 Å². The molecule has 40 heavy (non-hydrogen) atoms. The molecule has 0 saturated carbocycles. The van der Waals surface area contributed by atoms with Gasteiger partial charge in [-0.1, -0.05) is 66.2 Å². The highest BCUT2D eigenvalue weighted by atomic mass is 32.1.